The Morgan fingerprint density at radius 3 is 0.667 bits per heavy atom. The fourth-order valence-corrected chi connectivity index (χ4v) is 0. The SMILES string of the molecule is [La+3].[Mn+2].[OH-].[OH-].[OH-].[OH-].[Pb].[Ti].[Zr+2]. The molecule has 0 bridgehead atoms. The van der Waals surface area contributed by atoms with E-state index in [0.29, 0.717) is 0 Å². The van der Waals surface area contributed by atoms with Crippen LogP contribution in [0.15, 0.2) is 0 Å². The van der Waals surface area contributed by atoms with Crippen molar-refractivity contribution in [2.75, 3.05) is 0 Å². The van der Waals surface area contributed by atoms with Crippen molar-refractivity contribution in [3.05, 3.63) is 0 Å². The van der Waals surface area contributed by atoms with E-state index in [2.05, 4.69) is 0 Å². The summed E-state index contributed by atoms with van der Waals surface area (Å²) in [6.45, 7) is 0. The zero-order valence-corrected chi connectivity index (χ0v) is 17.0. The van der Waals surface area contributed by atoms with Crippen molar-refractivity contribution in [1.29, 1.82) is 0 Å². The molecule has 0 heterocycles. The summed E-state index contributed by atoms with van der Waals surface area (Å²) in [6, 6.07) is 0. The van der Waals surface area contributed by atoms with Gasteiger partial charge in [0.05, 0.1) is 0 Å². The first-order chi connectivity index (χ1) is 0. The first-order valence-corrected chi connectivity index (χ1v) is 0. The monoisotopic (exact) mass is 608 g/mol. The van der Waals surface area contributed by atoms with Gasteiger partial charge in [0.1, 0.15) is 0 Å². The molecule has 0 aromatic heterocycles. The molecule has 0 aliphatic heterocycles. The van der Waals surface area contributed by atoms with Gasteiger partial charge in [-0.3, -0.25) is 0 Å². The van der Waals surface area contributed by atoms with Crippen molar-refractivity contribution in [2.45, 2.75) is 0 Å². The van der Waals surface area contributed by atoms with Crippen molar-refractivity contribution < 1.29 is 122 Å². The van der Waals surface area contributed by atoms with Gasteiger partial charge in [0.15, 0.2) is 0 Å². The Balaban J connectivity index is 0. The Kier molecular flexibility index (Phi) is 1140. The summed E-state index contributed by atoms with van der Waals surface area (Å²) >= 11 is 0. The van der Waals surface area contributed by atoms with Gasteiger partial charge in [-0.2, -0.15) is 0 Å². The molecule has 0 amide bonds. The molecule has 5 radical (unpaired) electrons. The molecular weight excluding hydrogens is 604 g/mol. The van der Waals surface area contributed by atoms with Gasteiger partial charge in [-0.1, -0.05) is 0 Å². The summed E-state index contributed by atoms with van der Waals surface area (Å²) in [5.41, 5.74) is 0. The van der Waals surface area contributed by atoms with Crippen LogP contribution in [0.1, 0.15) is 0 Å². The van der Waals surface area contributed by atoms with Gasteiger partial charge in [-0.05, 0) is 0 Å². The largest absolute Gasteiger partial charge is 3.00 e. The Labute approximate surface area is 147 Å². The van der Waals surface area contributed by atoms with Crippen LogP contribution in [0.3, 0.4) is 0 Å². The molecule has 0 rings (SSSR count). The van der Waals surface area contributed by atoms with Crippen LogP contribution in [0.5, 0.6) is 0 Å². The van der Waals surface area contributed by atoms with Gasteiger partial charge in [-0.25, -0.2) is 0 Å². The van der Waals surface area contributed by atoms with E-state index in [1.54, 1.807) is 0 Å². The van der Waals surface area contributed by atoms with Crippen LogP contribution in [0.25, 0.3) is 0 Å². The van der Waals surface area contributed by atoms with Crippen molar-refractivity contribution in [1.82, 2.24) is 0 Å². The molecule has 4 nitrogen and oxygen atoms in total. The Morgan fingerprint density at radius 1 is 0.667 bits per heavy atom. The maximum atomic E-state index is 0. The third-order valence-corrected chi connectivity index (χ3v) is 0. The molecule has 4 N–H and O–H groups in total. The molecule has 0 aliphatic rings. The van der Waals surface area contributed by atoms with E-state index >= 15 is 0 Å². The number of hydrogen-bond donors (Lipinski definition) is 0. The molecule has 0 aliphatic carbocycles. The van der Waals surface area contributed by atoms with E-state index in [1.807, 2.05) is 0 Å². The molecule has 0 fully saturated rings. The third-order valence-electron chi connectivity index (χ3n) is 0. The number of hydrogen-bond acceptors (Lipinski definition) is 4. The zero-order chi connectivity index (χ0) is 0. The summed E-state index contributed by atoms with van der Waals surface area (Å²) in [7, 11) is 0. The molecule has 9 heteroatoms. The van der Waals surface area contributed by atoms with Crippen LogP contribution >= 0.6 is 0 Å². The molecular formula is H4LaMnO4PbTiZr+3. The average molecular weight is 608 g/mol. The van der Waals surface area contributed by atoms with Crippen molar-refractivity contribution in [2.24, 2.45) is 0 Å². The Morgan fingerprint density at radius 2 is 0.667 bits per heavy atom. The minimum absolute atomic E-state index is 0. The van der Waals surface area contributed by atoms with Gasteiger partial charge in [0, 0.05) is 49.0 Å². The second kappa shape index (κ2) is 89.2. The van der Waals surface area contributed by atoms with Crippen LogP contribution in [-0.2, 0) is 65.0 Å². The van der Waals surface area contributed by atoms with Crippen LogP contribution in [-0.4, -0.2) is 49.2 Å². The summed E-state index contributed by atoms with van der Waals surface area (Å²) in [6.07, 6.45) is 0. The second-order valence-corrected chi connectivity index (χ2v) is 0. The minimum atomic E-state index is 0. The molecule has 0 saturated heterocycles. The fraction of sp³-hybridized carbons (Fsp3) is 0. The van der Waals surface area contributed by atoms with E-state index < -0.39 is 0 Å². The topological polar surface area (TPSA) is 120 Å². The van der Waals surface area contributed by atoms with Crippen LogP contribution in [0.2, 0.25) is 0 Å². The third kappa shape index (κ3) is 73.8. The van der Waals surface area contributed by atoms with E-state index in [0.717, 1.165) is 0 Å². The zero-order valence-electron chi connectivity index (χ0n) is 4.24. The van der Waals surface area contributed by atoms with Gasteiger partial charge < -0.3 is 21.9 Å². The average Bonchev–Trinajstić information content (AvgIpc) is 0. The van der Waals surface area contributed by atoms with Crippen LogP contribution in [0, 0.1) is 35.6 Å². The van der Waals surface area contributed by atoms with Gasteiger partial charge in [0.2, 0.25) is 0 Å². The van der Waals surface area contributed by atoms with Crippen molar-refractivity contribution >= 4 is 27.3 Å². The van der Waals surface area contributed by atoms with E-state index in [1.165, 1.54) is 0 Å². The van der Waals surface area contributed by atoms with Crippen molar-refractivity contribution in [3.8, 4) is 0 Å². The standard InChI is InChI=1S/La.Mn.4H2O.Pb.Ti.Zr/h;;4*1H2;;;/q+3;+2;;;;;;;+2/p-4. The van der Waals surface area contributed by atoms with Gasteiger partial charge in [0.25, 0.3) is 0 Å². The maximum absolute atomic E-state index is 0. The summed E-state index contributed by atoms with van der Waals surface area (Å²) in [5, 5.41) is 0. The van der Waals surface area contributed by atoms with Crippen LogP contribution in [0.4, 0.5) is 0 Å². The summed E-state index contributed by atoms with van der Waals surface area (Å²) < 4.78 is 0. The predicted molar refractivity (Wildman–Crippen MR) is 13.5 cm³/mol. The fourth-order valence-electron chi connectivity index (χ4n) is 0. The minimum Gasteiger partial charge on any atom is -0.870 e. The number of rotatable bonds is 0. The van der Waals surface area contributed by atoms with E-state index in [9.17, 15) is 0 Å². The molecule has 47 valence electrons. The van der Waals surface area contributed by atoms with Gasteiger partial charge in [-0.15, -0.1) is 0 Å². The molecule has 0 aromatic rings. The summed E-state index contributed by atoms with van der Waals surface area (Å²) in [4.78, 5) is 0. The molecule has 0 saturated carbocycles. The molecule has 0 aromatic carbocycles. The summed E-state index contributed by atoms with van der Waals surface area (Å²) in [5.74, 6) is 0. The molecule has 9 heavy (non-hydrogen) atoms. The maximum Gasteiger partial charge on any atom is 3.00 e. The second-order valence-electron chi connectivity index (χ2n) is 0. The molecule has 0 unspecified atom stereocenters. The van der Waals surface area contributed by atoms with E-state index in [-0.39, 0.29) is 150 Å². The molecule has 0 spiro atoms. The van der Waals surface area contributed by atoms with E-state index in [4.69, 9.17) is 0 Å². The van der Waals surface area contributed by atoms with Crippen LogP contribution < -0.4 is 0 Å². The Hall–Kier alpha value is 4.07. The first-order valence-electron chi connectivity index (χ1n) is 0. The quantitative estimate of drug-likeness (QED) is 0.325. The Bertz CT molecular complexity index is 20.5. The van der Waals surface area contributed by atoms with Crippen molar-refractivity contribution in [3.63, 3.8) is 0 Å². The predicted octanol–water partition coefficient (Wildman–Crippen LogP) is -1.10. The first kappa shape index (κ1) is 115. The van der Waals surface area contributed by atoms with Gasteiger partial charge >= 0.3 is 78.9 Å². The smallest absolute Gasteiger partial charge is 0.870 e. The normalized spacial score (nSPS) is 0. The molecule has 0 atom stereocenters.